The average Bonchev–Trinajstić information content (AvgIpc) is 2.52. The highest BCUT2D eigenvalue weighted by Gasteiger charge is 2.25. The summed E-state index contributed by atoms with van der Waals surface area (Å²) in [6.07, 6.45) is 4.81. The maximum Gasteiger partial charge on any atom is 0.272 e. The van der Waals surface area contributed by atoms with E-state index in [1.807, 2.05) is 36.0 Å². The number of hydrogen-bond donors (Lipinski definition) is 1. The number of carbonyl (C=O) groups is 2. The first-order valence-electron chi connectivity index (χ1n) is 7.68. The summed E-state index contributed by atoms with van der Waals surface area (Å²) in [7, 11) is 3.87. The predicted octanol–water partition coefficient (Wildman–Crippen LogP) is 1.27. The van der Waals surface area contributed by atoms with Gasteiger partial charge in [0.05, 0.1) is 0 Å². The molecule has 2 heterocycles. The molecule has 120 valence electrons. The van der Waals surface area contributed by atoms with Crippen molar-refractivity contribution in [1.82, 2.24) is 9.88 Å². The first kappa shape index (κ1) is 16.3. The molecule has 6 nitrogen and oxygen atoms in total. The van der Waals surface area contributed by atoms with Gasteiger partial charge in [-0.15, -0.1) is 0 Å². The van der Waals surface area contributed by atoms with E-state index in [1.54, 1.807) is 6.20 Å². The third-order valence-corrected chi connectivity index (χ3v) is 4.08. The van der Waals surface area contributed by atoms with Gasteiger partial charge in [0.15, 0.2) is 0 Å². The summed E-state index contributed by atoms with van der Waals surface area (Å²) in [5, 5.41) is 0. The fourth-order valence-corrected chi connectivity index (χ4v) is 2.81. The molecule has 1 fully saturated rings. The number of carbonyl (C=O) groups excluding carboxylic acids is 2. The molecule has 0 saturated carbocycles. The van der Waals surface area contributed by atoms with Gasteiger partial charge in [-0.1, -0.05) is 0 Å². The van der Waals surface area contributed by atoms with Gasteiger partial charge in [0.1, 0.15) is 5.69 Å². The number of likely N-dealkylation sites (tertiary alicyclic amines) is 1. The fourth-order valence-electron chi connectivity index (χ4n) is 2.81. The zero-order valence-corrected chi connectivity index (χ0v) is 13.3. The molecule has 0 bridgehead atoms. The van der Waals surface area contributed by atoms with Crippen LogP contribution in [-0.2, 0) is 4.79 Å². The van der Waals surface area contributed by atoms with Crippen molar-refractivity contribution in [2.24, 2.45) is 11.7 Å². The van der Waals surface area contributed by atoms with Crippen LogP contribution in [0.1, 0.15) is 36.2 Å². The van der Waals surface area contributed by atoms with E-state index in [-0.39, 0.29) is 11.8 Å². The van der Waals surface area contributed by atoms with Crippen LogP contribution in [-0.4, -0.2) is 48.9 Å². The second kappa shape index (κ2) is 7.24. The molecule has 0 spiro atoms. The lowest BCUT2D eigenvalue weighted by molar-refractivity contribution is -0.118. The minimum atomic E-state index is -0.274. The van der Waals surface area contributed by atoms with Gasteiger partial charge >= 0.3 is 0 Å². The van der Waals surface area contributed by atoms with Crippen LogP contribution in [0.15, 0.2) is 18.3 Å². The SMILES string of the molecule is CN(C)c1ccnc(C(=O)N2CCCC(CCC(N)=O)C2)c1. The van der Waals surface area contributed by atoms with E-state index in [2.05, 4.69) is 4.98 Å². The molecule has 6 heteroatoms. The number of anilines is 1. The summed E-state index contributed by atoms with van der Waals surface area (Å²) in [4.78, 5) is 31.5. The van der Waals surface area contributed by atoms with Crippen molar-refractivity contribution >= 4 is 17.5 Å². The van der Waals surface area contributed by atoms with Crippen molar-refractivity contribution in [3.05, 3.63) is 24.0 Å². The van der Waals surface area contributed by atoms with E-state index in [0.29, 0.717) is 24.6 Å². The molecular formula is C16H24N4O2. The first-order chi connectivity index (χ1) is 10.5. The number of nitrogens with zero attached hydrogens (tertiary/aromatic N) is 3. The predicted molar refractivity (Wildman–Crippen MR) is 85.6 cm³/mol. The summed E-state index contributed by atoms with van der Waals surface area (Å²) in [6.45, 7) is 1.43. The molecule has 1 aliphatic rings. The van der Waals surface area contributed by atoms with E-state index in [1.165, 1.54) is 0 Å². The van der Waals surface area contributed by atoms with Crippen molar-refractivity contribution in [3.63, 3.8) is 0 Å². The second-order valence-corrected chi connectivity index (χ2v) is 6.06. The molecule has 2 N–H and O–H groups in total. The van der Waals surface area contributed by atoms with E-state index in [4.69, 9.17) is 5.73 Å². The number of piperidine rings is 1. The standard InChI is InChI=1S/C16H24N4O2/c1-19(2)13-7-8-18-14(10-13)16(22)20-9-3-4-12(11-20)5-6-15(17)21/h7-8,10,12H,3-6,9,11H2,1-2H3,(H2,17,21). The largest absolute Gasteiger partial charge is 0.378 e. The van der Waals surface area contributed by atoms with Crippen LogP contribution in [0.2, 0.25) is 0 Å². The molecule has 1 aromatic rings. The molecule has 1 unspecified atom stereocenters. The maximum atomic E-state index is 12.6. The Labute approximate surface area is 131 Å². The van der Waals surface area contributed by atoms with Crippen LogP contribution in [0.3, 0.4) is 0 Å². The summed E-state index contributed by atoms with van der Waals surface area (Å²) < 4.78 is 0. The van der Waals surface area contributed by atoms with Gasteiger partial charge in [-0.3, -0.25) is 14.6 Å². The lowest BCUT2D eigenvalue weighted by atomic mass is 9.93. The van der Waals surface area contributed by atoms with Crippen molar-refractivity contribution < 1.29 is 9.59 Å². The van der Waals surface area contributed by atoms with E-state index in [0.717, 1.165) is 31.5 Å². The van der Waals surface area contributed by atoms with Gasteiger partial charge in [0.2, 0.25) is 5.91 Å². The Hall–Kier alpha value is -2.11. The Kier molecular flexibility index (Phi) is 5.35. The normalized spacial score (nSPS) is 18.1. The fraction of sp³-hybridized carbons (Fsp3) is 0.562. The molecule has 2 amide bonds. The highest BCUT2D eigenvalue weighted by Crippen LogP contribution is 2.22. The van der Waals surface area contributed by atoms with Gasteiger partial charge in [0.25, 0.3) is 5.91 Å². The summed E-state index contributed by atoms with van der Waals surface area (Å²) in [5.41, 5.74) is 6.64. The van der Waals surface area contributed by atoms with Crippen LogP contribution in [0.5, 0.6) is 0 Å². The van der Waals surface area contributed by atoms with Crippen molar-refractivity contribution in [2.45, 2.75) is 25.7 Å². The van der Waals surface area contributed by atoms with Crippen molar-refractivity contribution in [2.75, 3.05) is 32.1 Å². The zero-order chi connectivity index (χ0) is 16.1. The van der Waals surface area contributed by atoms with Gasteiger partial charge in [0, 0.05) is 45.5 Å². The van der Waals surface area contributed by atoms with Crippen molar-refractivity contribution in [1.29, 1.82) is 0 Å². The molecule has 1 aliphatic heterocycles. The summed E-state index contributed by atoms with van der Waals surface area (Å²) in [6, 6.07) is 3.69. The van der Waals surface area contributed by atoms with Crippen molar-refractivity contribution in [3.8, 4) is 0 Å². The third kappa shape index (κ3) is 4.19. The zero-order valence-electron chi connectivity index (χ0n) is 13.3. The third-order valence-electron chi connectivity index (χ3n) is 4.08. The van der Waals surface area contributed by atoms with Gasteiger partial charge in [-0.05, 0) is 37.3 Å². The molecule has 2 rings (SSSR count). The number of aromatic nitrogens is 1. The smallest absolute Gasteiger partial charge is 0.272 e. The summed E-state index contributed by atoms with van der Waals surface area (Å²) in [5.74, 6) is 0.0403. The molecule has 22 heavy (non-hydrogen) atoms. The maximum absolute atomic E-state index is 12.6. The quantitative estimate of drug-likeness (QED) is 0.888. The van der Waals surface area contributed by atoms with Crippen LogP contribution in [0, 0.1) is 5.92 Å². The number of rotatable bonds is 5. The van der Waals surface area contributed by atoms with E-state index < -0.39 is 0 Å². The van der Waals surface area contributed by atoms with Gasteiger partial charge in [-0.2, -0.15) is 0 Å². The van der Waals surface area contributed by atoms with Crippen LogP contribution in [0.25, 0.3) is 0 Å². The lowest BCUT2D eigenvalue weighted by Gasteiger charge is -2.32. The van der Waals surface area contributed by atoms with Crippen LogP contribution < -0.4 is 10.6 Å². The minimum Gasteiger partial charge on any atom is -0.378 e. The molecule has 1 saturated heterocycles. The number of hydrogen-bond acceptors (Lipinski definition) is 4. The Morgan fingerprint density at radius 2 is 2.23 bits per heavy atom. The Morgan fingerprint density at radius 3 is 2.91 bits per heavy atom. The summed E-state index contributed by atoms with van der Waals surface area (Å²) >= 11 is 0. The van der Waals surface area contributed by atoms with Crippen LogP contribution >= 0.6 is 0 Å². The second-order valence-electron chi connectivity index (χ2n) is 6.06. The van der Waals surface area contributed by atoms with E-state index in [9.17, 15) is 9.59 Å². The number of nitrogens with two attached hydrogens (primary N) is 1. The number of pyridine rings is 1. The molecule has 0 radical (unpaired) electrons. The highest BCUT2D eigenvalue weighted by atomic mass is 16.2. The highest BCUT2D eigenvalue weighted by molar-refractivity contribution is 5.93. The Morgan fingerprint density at radius 1 is 1.45 bits per heavy atom. The molecule has 1 aromatic heterocycles. The minimum absolute atomic E-state index is 0.0347. The van der Waals surface area contributed by atoms with E-state index >= 15 is 0 Å². The Bertz CT molecular complexity index is 545. The molecule has 0 aliphatic carbocycles. The molecular weight excluding hydrogens is 280 g/mol. The molecule has 1 atom stereocenters. The first-order valence-corrected chi connectivity index (χ1v) is 7.68. The topological polar surface area (TPSA) is 79.5 Å². The monoisotopic (exact) mass is 304 g/mol. The van der Waals surface area contributed by atoms with Gasteiger partial charge < -0.3 is 15.5 Å². The number of amides is 2. The molecule has 0 aromatic carbocycles. The van der Waals surface area contributed by atoms with Crippen LogP contribution in [0.4, 0.5) is 5.69 Å². The lowest BCUT2D eigenvalue weighted by Crippen LogP contribution is -2.40. The average molecular weight is 304 g/mol. The Balaban J connectivity index is 2.02. The van der Waals surface area contributed by atoms with Gasteiger partial charge in [-0.25, -0.2) is 0 Å². The number of primary amides is 1.